The maximum Gasteiger partial charge on any atom is 0.306 e. The zero-order chi connectivity index (χ0) is 39.4. The molecule has 4 N–H and O–H groups in total. The van der Waals surface area contributed by atoms with Crippen LogP contribution in [-0.4, -0.2) is 86.4 Å². The van der Waals surface area contributed by atoms with Gasteiger partial charge in [0.2, 0.25) is 11.8 Å². The van der Waals surface area contributed by atoms with Gasteiger partial charge in [0.25, 0.3) is 5.91 Å². The molecule has 2 heterocycles. The molecular formula is C42H59N5O6S. The zero-order valence-corrected chi connectivity index (χ0v) is 33.4. The number of thiazole rings is 1. The molecule has 4 rings (SSSR count). The number of hydrogen-bond acceptors (Lipinski definition) is 8. The molecule has 12 heteroatoms. The number of likely N-dealkylation sites (tertiary alicyclic amines) is 1. The Kier molecular flexibility index (Phi) is 16.2. The Morgan fingerprint density at radius 3 is 2.19 bits per heavy atom. The molecule has 7 atom stereocenters. The Hall–Kier alpha value is -4.13. The van der Waals surface area contributed by atoms with E-state index in [-0.39, 0.29) is 48.2 Å². The van der Waals surface area contributed by atoms with Gasteiger partial charge in [0.1, 0.15) is 22.8 Å². The van der Waals surface area contributed by atoms with Crippen LogP contribution in [0.5, 0.6) is 0 Å². The first kappa shape index (κ1) is 42.6. The molecule has 54 heavy (non-hydrogen) atoms. The third-order valence-corrected chi connectivity index (χ3v) is 11.7. The fourth-order valence-electron chi connectivity index (χ4n) is 7.17. The predicted molar refractivity (Wildman–Crippen MR) is 212 cm³/mol. The highest BCUT2D eigenvalue weighted by Gasteiger charge is 2.38. The monoisotopic (exact) mass is 761 g/mol. The number of carboxylic acids is 1. The number of aliphatic carboxylic acids is 1. The molecule has 3 amide bonds. The van der Waals surface area contributed by atoms with Gasteiger partial charge in [-0.25, -0.2) is 4.98 Å². The number of aliphatic hydroxyl groups excluding tert-OH is 1. The number of carbonyl (C=O) groups excluding carboxylic acids is 3. The SMILES string of the molecule is CC[C@@H](C)[C@H](NC(=O)C1CCCCN1C)C(=O)N(Cc1ccccc1)[C@H](C[C@@H](O)c1nc(C(=O)N[C@@H](Cc2ccccc2)C[C@H](C)C(=O)O)cs1)C(C)C. The van der Waals surface area contributed by atoms with Gasteiger partial charge in [0.15, 0.2) is 0 Å². The fourth-order valence-corrected chi connectivity index (χ4v) is 7.97. The van der Waals surface area contributed by atoms with E-state index in [9.17, 15) is 29.4 Å². The first-order valence-corrected chi connectivity index (χ1v) is 20.2. The summed E-state index contributed by atoms with van der Waals surface area (Å²) in [4.78, 5) is 62.0. The van der Waals surface area contributed by atoms with Crippen LogP contribution >= 0.6 is 11.3 Å². The van der Waals surface area contributed by atoms with Crippen molar-refractivity contribution in [2.24, 2.45) is 17.8 Å². The third-order valence-electron chi connectivity index (χ3n) is 10.7. The molecule has 1 aliphatic heterocycles. The van der Waals surface area contributed by atoms with E-state index in [1.807, 2.05) is 100 Å². The van der Waals surface area contributed by atoms with Crippen molar-refractivity contribution in [2.45, 2.75) is 116 Å². The molecule has 0 bridgehead atoms. The average molecular weight is 762 g/mol. The Labute approximate surface area is 324 Å². The van der Waals surface area contributed by atoms with Gasteiger partial charge in [-0.05, 0) is 62.2 Å². The summed E-state index contributed by atoms with van der Waals surface area (Å²) in [7, 11) is 1.96. The number of rotatable bonds is 19. The maximum atomic E-state index is 14.8. The summed E-state index contributed by atoms with van der Waals surface area (Å²) in [5.74, 6) is -2.56. The van der Waals surface area contributed by atoms with Gasteiger partial charge < -0.3 is 25.7 Å². The van der Waals surface area contributed by atoms with E-state index in [2.05, 4.69) is 20.5 Å². The summed E-state index contributed by atoms with van der Waals surface area (Å²) in [6.07, 6.45) is 3.25. The van der Waals surface area contributed by atoms with E-state index in [0.717, 1.165) is 36.9 Å². The number of aliphatic hydroxyl groups is 1. The van der Waals surface area contributed by atoms with Crippen molar-refractivity contribution in [3.8, 4) is 0 Å². The molecule has 1 fully saturated rings. The van der Waals surface area contributed by atoms with Gasteiger partial charge in [-0.2, -0.15) is 0 Å². The van der Waals surface area contributed by atoms with Crippen molar-refractivity contribution in [1.29, 1.82) is 0 Å². The molecule has 0 aliphatic carbocycles. The Bertz CT molecular complexity index is 1650. The number of nitrogens with one attached hydrogen (secondary N) is 2. The number of aromatic nitrogens is 1. The van der Waals surface area contributed by atoms with Gasteiger partial charge in [0, 0.05) is 30.4 Å². The van der Waals surface area contributed by atoms with Crippen LogP contribution in [0.2, 0.25) is 0 Å². The lowest BCUT2D eigenvalue weighted by Gasteiger charge is -2.40. The van der Waals surface area contributed by atoms with E-state index in [1.54, 1.807) is 12.3 Å². The largest absolute Gasteiger partial charge is 0.481 e. The molecule has 294 valence electrons. The van der Waals surface area contributed by atoms with Crippen LogP contribution in [0.15, 0.2) is 66.0 Å². The van der Waals surface area contributed by atoms with Gasteiger partial charge in [0.05, 0.1) is 12.0 Å². The number of benzene rings is 2. The molecule has 0 radical (unpaired) electrons. The van der Waals surface area contributed by atoms with Gasteiger partial charge in [-0.3, -0.25) is 24.1 Å². The number of piperidine rings is 1. The highest BCUT2D eigenvalue weighted by Crippen LogP contribution is 2.30. The van der Waals surface area contributed by atoms with Crippen LogP contribution in [-0.2, 0) is 27.3 Å². The molecule has 3 aromatic rings. The first-order valence-electron chi connectivity index (χ1n) is 19.3. The summed E-state index contributed by atoms with van der Waals surface area (Å²) in [6.45, 7) is 10.8. The number of hydrogen-bond donors (Lipinski definition) is 4. The molecule has 2 aromatic carbocycles. The molecule has 11 nitrogen and oxygen atoms in total. The van der Waals surface area contributed by atoms with Crippen molar-refractivity contribution < 1.29 is 29.4 Å². The highest BCUT2D eigenvalue weighted by atomic mass is 32.1. The van der Waals surface area contributed by atoms with Crippen molar-refractivity contribution in [1.82, 2.24) is 25.4 Å². The zero-order valence-electron chi connectivity index (χ0n) is 32.6. The van der Waals surface area contributed by atoms with E-state index in [4.69, 9.17) is 0 Å². The second kappa shape index (κ2) is 20.5. The summed E-state index contributed by atoms with van der Waals surface area (Å²) in [5.41, 5.74) is 2.05. The number of likely N-dealkylation sites (N-methyl/N-ethyl adjacent to an activating group) is 1. The van der Waals surface area contributed by atoms with Gasteiger partial charge >= 0.3 is 5.97 Å². The minimum atomic E-state index is -1.07. The van der Waals surface area contributed by atoms with Crippen LogP contribution < -0.4 is 10.6 Å². The number of amides is 3. The Balaban J connectivity index is 1.56. The third kappa shape index (κ3) is 11.9. The molecule has 1 unspecified atom stereocenters. The van der Waals surface area contributed by atoms with Gasteiger partial charge in [-0.1, -0.05) is 108 Å². The van der Waals surface area contributed by atoms with E-state index < -0.39 is 42.0 Å². The minimum absolute atomic E-state index is 0.0669. The Morgan fingerprint density at radius 1 is 0.944 bits per heavy atom. The summed E-state index contributed by atoms with van der Waals surface area (Å²) in [6, 6.07) is 17.4. The maximum absolute atomic E-state index is 14.8. The van der Waals surface area contributed by atoms with Crippen LogP contribution in [0.3, 0.4) is 0 Å². The standard InChI is InChI=1S/C42H59N5O6S/c1-7-28(4)37(45-39(50)34-20-14-15-21-46(34)6)41(51)47(25-31-18-12-9-13-19-31)35(27(2)3)24-36(48)40-44-33(26-54-40)38(49)43-32(22-29(5)42(52)53)23-30-16-10-8-11-17-30/h8-13,16-19,26-29,32,34-37,48H,7,14-15,20-25H2,1-6H3,(H,43,49)(H,45,50)(H,52,53)/t28-,29+,32-,34?,35-,36-,37+/m1/s1. The Morgan fingerprint density at radius 2 is 1.59 bits per heavy atom. The van der Waals surface area contributed by atoms with E-state index in [0.29, 0.717) is 24.4 Å². The summed E-state index contributed by atoms with van der Waals surface area (Å²) < 4.78 is 0. The molecule has 1 aromatic heterocycles. The van der Waals surface area contributed by atoms with Crippen LogP contribution in [0, 0.1) is 17.8 Å². The minimum Gasteiger partial charge on any atom is -0.481 e. The molecule has 0 saturated carbocycles. The van der Waals surface area contributed by atoms with Crippen LogP contribution in [0.1, 0.15) is 106 Å². The lowest BCUT2D eigenvalue weighted by Crippen LogP contribution is -2.58. The van der Waals surface area contributed by atoms with Crippen LogP contribution in [0.4, 0.5) is 0 Å². The normalized spacial score (nSPS) is 18.2. The number of carboxylic acid groups (broad SMARTS) is 1. The first-order chi connectivity index (χ1) is 25.8. The lowest BCUT2D eigenvalue weighted by atomic mass is 9.91. The highest BCUT2D eigenvalue weighted by molar-refractivity contribution is 7.09. The topological polar surface area (TPSA) is 152 Å². The average Bonchev–Trinajstić information content (AvgIpc) is 3.66. The molecule has 1 saturated heterocycles. The number of carbonyl (C=O) groups is 4. The number of nitrogens with zero attached hydrogens (tertiary/aromatic N) is 3. The lowest BCUT2D eigenvalue weighted by molar-refractivity contribution is -0.143. The van der Waals surface area contributed by atoms with E-state index in [1.165, 1.54) is 11.3 Å². The molecule has 0 spiro atoms. The molecular weight excluding hydrogens is 703 g/mol. The summed E-state index contributed by atoms with van der Waals surface area (Å²) >= 11 is 1.17. The summed E-state index contributed by atoms with van der Waals surface area (Å²) in [5, 5.41) is 29.3. The van der Waals surface area contributed by atoms with Crippen molar-refractivity contribution in [3.63, 3.8) is 0 Å². The quantitative estimate of drug-likeness (QED) is 0.115. The van der Waals surface area contributed by atoms with Crippen molar-refractivity contribution >= 4 is 35.0 Å². The smallest absolute Gasteiger partial charge is 0.306 e. The fraction of sp³-hybridized carbons (Fsp3) is 0.548. The van der Waals surface area contributed by atoms with Crippen LogP contribution in [0.25, 0.3) is 0 Å². The second-order valence-corrected chi connectivity index (χ2v) is 16.2. The van der Waals surface area contributed by atoms with Crippen molar-refractivity contribution in [2.75, 3.05) is 13.6 Å². The van der Waals surface area contributed by atoms with E-state index >= 15 is 0 Å². The molecule has 1 aliphatic rings. The second-order valence-electron chi connectivity index (χ2n) is 15.3. The van der Waals surface area contributed by atoms with Gasteiger partial charge in [-0.15, -0.1) is 11.3 Å². The van der Waals surface area contributed by atoms with Crippen molar-refractivity contribution in [3.05, 3.63) is 87.9 Å². The predicted octanol–water partition coefficient (Wildman–Crippen LogP) is 6.09.